The second-order valence-corrected chi connectivity index (χ2v) is 3.73. The minimum atomic E-state index is 0.725. The minimum Gasteiger partial charge on any atom is -0.457 e. The maximum atomic E-state index is 6.00. The van der Waals surface area contributed by atoms with E-state index in [0.29, 0.717) is 0 Å². The van der Waals surface area contributed by atoms with Gasteiger partial charge in [-0.3, -0.25) is 0 Å². The zero-order valence-electron chi connectivity index (χ0n) is 8.41. The summed E-state index contributed by atoms with van der Waals surface area (Å²) in [5.74, 6) is 1.58. The molecule has 0 atom stereocenters. The summed E-state index contributed by atoms with van der Waals surface area (Å²) in [5.41, 5.74) is 1.05. The molecule has 0 aliphatic heterocycles. The Bertz CT molecular complexity index is 451. The van der Waals surface area contributed by atoms with Gasteiger partial charge in [-0.25, -0.2) is 0 Å². The van der Waals surface area contributed by atoms with E-state index in [4.69, 9.17) is 16.3 Å². The first kappa shape index (κ1) is 10.1. The minimum absolute atomic E-state index is 0.725. The molecular formula is C13H11ClO. The van der Waals surface area contributed by atoms with Crippen LogP contribution in [0.3, 0.4) is 0 Å². The first-order chi connectivity index (χ1) is 7.25. The van der Waals surface area contributed by atoms with Crippen molar-refractivity contribution in [3.8, 4) is 11.5 Å². The maximum absolute atomic E-state index is 6.00. The Morgan fingerprint density at radius 2 is 1.67 bits per heavy atom. The Balaban J connectivity index is 2.22. The third kappa shape index (κ3) is 2.51. The van der Waals surface area contributed by atoms with Gasteiger partial charge in [-0.2, -0.15) is 0 Å². The van der Waals surface area contributed by atoms with Crippen LogP contribution in [0.15, 0.2) is 48.5 Å². The van der Waals surface area contributed by atoms with Crippen LogP contribution in [0.25, 0.3) is 0 Å². The van der Waals surface area contributed by atoms with Gasteiger partial charge in [0, 0.05) is 5.02 Å². The topological polar surface area (TPSA) is 9.23 Å². The Labute approximate surface area is 94.3 Å². The van der Waals surface area contributed by atoms with Gasteiger partial charge in [0.25, 0.3) is 0 Å². The number of hydrogen-bond acceptors (Lipinski definition) is 1. The fourth-order valence-electron chi connectivity index (χ4n) is 1.26. The Morgan fingerprint density at radius 3 is 2.33 bits per heavy atom. The molecule has 1 nitrogen and oxygen atoms in total. The van der Waals surface area contributed by atoms with Gasteiger partial charge in [-0.05, 0) is 36.8 Å². The van der Waals surface area contributed by atoms with Crippen LogP contribution in [-0.4, -0.2) is 0 Å². The molecule has 2 heteroatoms. The van der Waals surface area contributed by atoms with Crippen molar-refractivity contribution in [3.05, 3.63) is 59.1 Å². The maximum Gasteiger partial charge on any atom is 0.128 e. The van der Waals surface area contributed by atoms with Crippen LogP contribution in [0.5, 0.6) is 11.5 Å². The first-order valence-electron chi connectivity index (χ1n) is 4.75. The fraction of sp³-hybridized carbons (Fsp3) is 0.0769. The van der Waals surface area contributed by atoms with Crippen molar-refractivity contribution in [2.45, 2.75) is 6.92 Å². The molecule has 0 saturated heterocycles. The van der Waals surface area contributed by atoms with Crippen molar-refractivity contribution in [3.63, 3.8) is 0 Å². The van der Waals surface area contributed by atoms with E-state index in [2.05, 4.69) is 0 Å². The van der Waals surface area contributed by atoms with Gasteiger partial charge in [0.15, 0.2) is 0 Å². The monoisotopic (exact) mass is 218 g/mol. The summed E-state index contributed by atoms with van der Waals surface area (Å²) in [6.45, 7) is 1.97. The summed E-state index contributed by atoms with van der Waals surface area (Å²) >= 11 is 6.00. The third-order valence-electron chi connectivity index (χ3n) is 2.12. The van der Waals surface area contributed by atoms with Crippen molar-refractivity contribution >= 4 is 11.6 Å². The Kier molecular flexibility index (Phi) is 2.93. The molecule has 0 saturated carbocycles. The second kappa shape index (κ2) is 4.37. The molecule has 0 fully saturated rings. The van der Waals surface area contributed by atoms with E-state index < -0.39 is 0 Å². The smallest absolute Gasteiger partial charge is 0.128 e. The van der Waals surface area contributed by atoms with Crippen LogP contribution in [0.2, 0.25) is 5.02 Å². The molecule has 0 amide bonds. The highest BCUT2D eigenvalue weighted by atomic mass is 35.5. The number of aryl methyl sites for hydroxylation is 1. The molecule has 2 rings (SSSR count). The number of rotatable bonds is 2. The predicted octanol–water partition coefficient (Wildman–Crippen LogP) is 4.44. The molecule has 0 aliphatic rings. The number of para-hydroxylation sites is 1. The van der Waals surface area contributed by atoms with Crippen LogP contribution < -0.4 is 4.74 Å². The zero-order chi connectivity index (χ0) is 10.7. The van der Waals surface area contributed by atoms with Gasteiger partial charge >= 0.3 is 0 Å². The van der Waals surface area contributed by atoms with Gasteiger partial charge < -0.3 is 4.74 Å². The average molecular weight is 219 g/mol. The SMILES string of the molecule is Cc1ccc(Oc2ccccc2)cc1Cl. The summed E-state index contributed by atoms with van der Waals surface area (Å²) < 4.78 is 5.63. The molecule has 0 bridgehead atoms. The van der Waals surface area contributed by atoms with Gasteiger partial charge in [0.05, 0.1) is 0 Å². The highest BCUT2D eigenvalue weighted by molar-refractivity contribution is 6.31. The lowest BCUT2D eigenvalue weighted by atomic mass is 10.2. The molecule has 0 unspecified atom stereocenters. The van der Waals surface area contributed by atoms with Crippen LogP contribution in [0.4, 0.5) is 0 Å². The molecule has 0 aromatic heterocycles. The van der Waals surface area contributed by atoms with Gasteiger partial charge in [0.1, 0.15) is 11.5 Å². The molecule has 0 N–H and O–H groups in total. The largest absolute Gasteiger partial charge is 0.457 e. The van der Waals surface area contributed by atoms with Crippen LogP contribution in [-0.2, 0) is 0 Å². The second-order valence-electron chi connectivity index (χ2n) is 3.33. The predicted molar refractivity (Wildman–Crippen MR) is 62.7 cm³/mol. The van der Waals surface area contributed by atoms with Gasteiger partial charge in [0.2, 0.25) is 0 Å². The molecule has 15 heavy (non-hydrogen) atoms. The lowest BCUT2D eigenvalue weighted by Crippen LogP contribution is -1.84. The number of halogens is 1. The standard InChI is InChI=1S/C13H11ClO/c1-10-7-8-12(9-13(10)14)15-11-5-3-2-4-6-11/h2-9H,1H3. The van der Waals surface area contributed by atoms with E-state index in [9.17, 15) is 0 Å². The molecule has 2 aromatic carbocycles. The normalized spacial score (nSPS) is 10.0. The fourth-order valence-corrected chi connectivity index (χ4v) is 1.43. The van der Waals surface area contributed by atoms with Crippen LogP contribution in [0, 0.1) is 6.92 Å². The summed E-state index contributed by atoms with van der Waals surface area (Å²) in [5, 5.41) is 0.725. The Morgan fingerprint density at radius 1 is 0.933 bits per heavy atom. The highest BCUT2D eigenvalue weighted by Crippen LogP contribution is 2.25. The number of hydrogen-bond donors (Lipinski definition) is 0. The summed E-state index contributed by atoms with van der Waals surface area (Å²) in [6, 6.07) is 15.3. The zero-order valence-corrected chi connectivity index (χ0v) is 9.16. The van der Waals surface area contributed by atoms with E-state index in [-0.39, 0.29) is 0 Å². The summed E-state index contributed by atoms with van der Waals surface area (Å²) in [4.78, 5) is 0. The Hall–Kier alpha value is -1.47. The molecule has 0 heterocycles. The van der Waals surface area contributed by atoms with Crippen molar-refractivity contribution in [2.24, 2.45) is 0 Å². The number of ether oxygens (including phenoxy) is 1. The van der Waals surface area contributed by atoms with Crippen molar-refractivity contribution < 1.29 is 4.74 Å². The lowest BCUT2D eigenvalue weighted by molar-refractivity contribution is 0.482. The van der Waals surface area contributed by atoms with Gasteiger partial charge in [-0.1, -0.05) is 35.9 Å². The molecular weight excluding hydrogens is 208 g/mol. The first-order valence-corrected chi connectivity index (χ1v) is 5.12. The van der Waals surface area contributed by atoms with E-state index in [1.165, 1.54) is 0 Å². The molecule has 0 spiro atoms. The van der Waals surface area contributed by atoms with E-state index >= 15 is 0 Å². The third-order valence-corrected chi connectivity index (χ3v) is 2.53. The van der Waals surface area contributed by atoms with E-state index in [1.807, 2.05) is 55.5 Å². The molecule has 0 aliphatic carbocycles. The number of benzene rings is 2. The molecule has 76 valence electrons. The van der Waals surface area contributed by atoms with E-state index in [1.54, 1.807) is 0 Å². The summed E-state index contributed by atoms with van der Waals surface area (Å²) in [6.07, 6.45) is 0. The highest BCUT2D eigenvalue weighted by Gasteiger charge is 1.99. The lowest BCUT2D eigenvalue weighted by Gasteiger charge is -2.06. The molecule has 0 radical (unpaired) electrons. The van der Waals surface area contributed by atoms with Crippen molar-refractivity contribution in [1.82, 2.24) is 0 Å². The van der Waals surface area contributed by atoms with Crippen LogP contribution in [0.1, 0.15) is 5.56 Å². The van der Waals surface area contributed by atoms with Crippen LogP contribution >= 0.6 is 11.6 Å². The molecule has 2 aromatic rings. The summed E-state index contributed by atoms with van der Waals surface area (Å²) in [7, 11) is 0. The van der Waals surface area contributed by atoms with E-state index in [0.717, 1.165) is 22.1 Å². The quantitative estimate of drug-likeness (QED) is 0.724. The average Bonchev–Trinajstić information content (AvgIpc) is 2.25. The van der Waals surface area contributed by atoms with Crippen molar-refractivity contribution in [1.29, 1.82) is 0 Å². The van der Waals surface area contributed by atoms with Crippen molar-refractivity contribution in [2.75, 3.05) is 0 Å². The van der Waals surface area contributed by atoms with Gasteiger partial charge in [-0.15, -0.1) is 0 Å².